The lowest BCUT2D eigenvalue weighted by atomic mass is 9.95. The number of halogens is 5. The molecule has 0 unspecified atom stereocenters. The van der Waals surface area contributed by atoms with E-state index in [0.29, 0.717) is 18.6 Å². The zero-order chi connectivity index (χ0) is 26.0. The molecular formula is C23H16F5NO6S. The van der Waals surface area contributed by atoms with Crippen molar-refractivity contribution in [3.63, 3.8) is 0 Å². The molecule has 36 heavy (non-hydrogen) atoms. The van der Waals surface area contributed by atoms with Gasteiger partial charge in [0, 0.05) is 12.5 Å². The molecule has 13 heteroatoms. The highest BCUT2D eigenvalue weighted by atomic mass is 32.2. The SMILES string of the molecule is COCCOCCOc1cc2c3c(cccc3c1)C(=O)N(OSc1c(F)c(F)c(F)c(F)c1F)C2=O. The van der Waals surface area contributed by atoms with Gasteiger partial charge in [-0.05, 0) is 23.6 Å². The number of hydrogen-bond donors (Lipinski definition) is 0. The lowest BCUT2D eigenvalue weighted by Gasteiger charge is -2.25. The van der Waals surface area contributed by atoms with E-state index in [2.05, 4.69) is 0 Å². The minimum Gasteiger partial charge on any atom is -0.491 e. The first kappa shape index (κ1) is 25.8. The largest absolute Gasteiger partial charge is 0.491 e. The maximum absolute atomic E-state index is 14.0. The monoisotopic (exact) mass is 529 g/mol. The Morgan fingerprint density at radius 1 is 0.806 bits per heavy atom. The van der Waals surface area contributed by atoms with Gasteiger partial charge in [0.2, 0.25) is 5.82 Å². The highest BCUT2D eigenvalue weighted by molar-refractivity contribution is 7.94. The van der Waals surface area contributed by atoms with E-state index >= 15 is 0 Å². The molecule has 0 bridgehead atoms. The van der Waals surface area contributed by atoms with Crippen LogP contribution in [-0.2, 0) is 13.8 Å². The second-order valence-corrected chi connectivity index (χ2v) is 8.01. The first-order valence-electron chi connectivity index (χ1n) is 10.3. The van der Waals surface area contributed by atoms with Crippen molar-refractivity contribution < 1.29 is 50.0 Å². The predicted octanol–water partition coefficient (Wildman–Crippen LogP) is 4.81. The maximum atomic E-state index is 14.0. The molecule has 0 atom stereocenters. The van der Waals surface area contributed by atoms with Crippen molar-refractivity contribution in [2.24, 2.45) is 0 Å². The smallest absolute Gasteiger partial charge is 0.286 e. The lowest BCUT2D eigenvalue weighted by Crippen LogP contribution is -2.38. The van der Waals surface area contributed by atoms with Crippen molar-refractivity contribution in [1.82, 2.24) is 5.06 Å². The van der Waals surface area contributed by atoms with Crippen LogP contribution in [0.25, 0.3) is 10.8 Å². The van der Waals surface area contributed by atoms with Crippen molar-refractivity contribution in [3.8, 4) is 5.75 Å². The fourth-order valence-corrected chi connectivity index (χ4v) is 4.01. The van der Waals surface area contributed by atoms with Gasteiger partial charge in [-0.2, -0.15) is 4.28 Å². The van der Waals surface area contributed by atoms with E-state index in [1.165, 1.54) is 25.3 Å². The van der Waals surface area contributed by atoms with Gasteiger partial charge < -0.3 is 14.2 Å². The number of rotatable bonds is 10. The molecule has 0 aromatic heterocycles. The Hall–Kier alpha value is -3.26. The second-order valence-electron chi connectivity index (χ2n) is 7.29. The summed E-state index contributed by atoms with van der Waals surface area (Å²) >= 11 is -0.354. The first-order chi connectivity index (χ1) is 17.3. The number of methoxy groups -OCH3 is 1. The average molecular weight is 529 g/mol. The van der Waals surface area contributed by atoms with Crippen LogP contribution in [0.3, 0.4) is 0 Å². The summed E-state index contributed by atoms with van der Waals surface area (Å²) in [4.78, 5) is 24.5. The molecule has 1 aliphatic heterocycles. The van der Waals surface area contributed by atoms with Crippen LogP contribution >= 0.6 is 12.0 Å². The van der Waals surface area contributed by atoms with E-state index in [1.54, 1.807) is 12.1 Å². The standard InChI is InChI=1S/C23H16F5NO6S/c1-32-5-6-33-7-8-34-12-9-11-3-2-4-13-15(11)14(10-12)23(31)29(22(13)30)35-36-21-19(27)17(25)16(24)18(26)20(21)28/h2-4,9-10H,5-8H2,1H3. The Balaban J connectivity index is 1.59. The Labute approximate surface area is 204 Å². The van der Waals surface area contributed by atoms with Gasteiger partial charge in [0.25, 0.3) is 11.8 Å². The van der Waals surface area contributed by atoms with E-state index in [9.17, 15) is 31.5 Å². The summed E-state index contributed by atoms with van der Waals surface area (Å²) in [5, 5.41) is 0.962. The number of benzene rings is 3. The number of hydrogen-bond acceptors (Lipinski definition) is 7. The van der Waals surface area contributed by atoms with Crippen molar-refractivity contribution >= 4 is 34.6 Å². The summed E-state index contributed by atoms with van der Waals surface area (Å²) in [5.74, 6) is -12.8. The van der Waals surface area contributed by atoms with Crippen LogP contribution in [0.1, 0.15) is 20.7 Å². The molecule has 2 amide bonds. The summed E-state index contributed by atoms with van der Waals surface area (Å²) in [5.41, 5.74) is -0.00873. The minimum atomic E-state index is -2.35. The molecule has 0 radical (unpaired) electrons. The normalized spacial score (nSPS) is 13.1. The second kappa shape index (κ2) is 10.8. The van der Waals surface area contributed by atoms with Crippen LogP contribution in [0.4, 0.5) is 22.0 Å². The summed E-state index contributed by atoms with van der Waals surface area (Å²) in [7, 11) is 1.53. The van der Waals surface area contributed by atoms with Crippen LogP contribution in [0.15, 0.2) is 35.2 Å². The van der Waals surface area contributed by atoms with Crippen LogP contribution in [0.5, 0.6) is 5.75 Å². The Kier molecular flexibility index (Phi) is 7.73. The minimum absolute atomic E-state index is 0.0227. The van der Waals surface area contributed by atoms with Crippen molar-refractivity contribution in [2.75, 3.05) is 33.5 Å². The first-order valence-corrected chi connectivity index (χ1v) is 11.0. The van der Waals surface area contributed by atoms with Crippen LogP contribution in [-0.4, -0.2) is 50.4 Å². The number of carbonyl (C=O) groups is 2. The van der Waals surface area contributed by atoms with Gasteiger partial charge in [0.05, 0.1) is 43.0 Å². The van der Waals surface area contributed by atoms with Crippen LogP contribution in [0, 0.1) is 29.1 Å². The third-order valence-electron chi connectivity index (χ3n) is 5.07. The number of ether oxygens (including phenoxy) is 3. The van der Waals surface area contributed by atoms with E-state index in [0.717, 1.165) is 0 Å². The molecule has 190 valence electrons. The van der Waals surface area contributed by atoms with Gasteiger partial charge in [-0.1, -0.05) is 12.1 Å². The van der Waals surface area contributed by atoms with Crippen molar-refractivity contribution in [3.05, 3.63) is 70.5 Å². The van der Waals surface area contributed by atoms with Crippen LogP contribution < -0.4 is 4.74 Å². The maximum Gasteiger partial charge on any atom is 0.286 e. The third-order valence-corrected chi connectivity index (χ3v) is 5.82. The molecule has 0 saturated heterocycles. The third kappa shape index (κ3) is 4.74. The number of hydroxylamine groups is 2. The van der Waals surface area contributed by atoms with Gasteiger partial charge in [0.15, 0.2) is 23.3 Å². The Morgan fingerprint density at radius 2 is 1.44 bits per heavy atom. The fourth-order valence-electron chi connectivity index (χ4n) is 3.40. The van der Waals surface area contributed by atoms with E-state index in [4.69, 9.17) is 18.5 Å². The molecule has 0 N–H and O–H groups in total. The highest BCUT2D eigenvalue weighted by Gasteiger charge is 2.36. The van der Waals surface area contributed by atoms with Gasteiger partial charge in [-0.3, -0.25) is 9.59 Å². The highest BCUT2D eigenvalue weighted by Crippen LogP contribution is 2.37. The number of imide groups is 1. The summed E-state index contributed by atoms with van der Waals surface area (Å²) in [6.45, 7) is 1.14. The zero-order valence-corrected chi connectivity index (χ0v) is 19.2. The van der Waals surface area contributed by atoms with Gasteiger partial charge in [-0.15, -0.1) is 5.06 Å². The van der Waals surface area contributed by atoms with Gasteiger partial charge in [-0.25, -0.2) is 22.0 Å². The molecule has 0 saturated carbocycles. The Bertz CT molecular complexity index is 1330. The quantitative estimate of drug-likeness (QED) is 0.0932. The summed E-state index contributed by atoms with van der Waals surface area (Å²) in [6.07, 6.45) is 0. The van der Waals surface area contributed by atoms with E-state index in [-0.39, 0.29) is 52.6 Å². The topological polar surface area (TPSA) is 74.3 Å². The van der Waals surface area contributed by atoms with E-state index < -0.39 is 45.8 Å². The van der Waals surface area contributed by atoms with Crippen molar-refractivity contribution in [1.29, 1.82) is 0 Å². The molecule has 3 aromatic carbocycles. The van der Waals surface area contributed by atoms with E-state index in [1.807, 2.05) is 0 Å². The average Bonchev–Trinajstić information content (AvgIpc) is 2.88. The number of amides is 2. The van der Waals surface area contributed by atoms with Gasteiger partial charge >= 0.3 is 0 Å². The molecule has 1 aliphatic rings. The number of carbonyl (C=O) groups excluding carboxylic acids is 2. The lowest BCUT2D eigenvalue weighted by molar-refractivity contribution is -0.00779. The Morgan fingerprint density at radius 3 is 2.14 bits per heavy atom. The molecular weight excluding hydrogens is 513 g/mol. The summed E-state index contributed by atoms with van der Waals surface area (Å²) < 4.78 is 89.0. The van der Waals surface area contributed by atoms with Crippen LogP contribution in [0.2, 0.25) is 0 Å². The molecule has 4 rings (SSSR count). The zero-order valence-electron chi connectivity index (χ0n) is 18.4. The molecule has 7 nitrogen and oxygen atoms in total. The molecule has 1 heterocycles. The molecule has 0 fully saturated rings. The summed E-state index contributed by atoms with van der Waals surface area (Å²) in [6, 6.07) is 7.52. The number of nitrogens with zero attached hydrogens (tertiary/aromatic N) is 1. The van der Waals surface area contributed by atoms with Gasteiger partial charge in [0.1, 0.15) is 17.3 Å². The van der Waals surface area contributed by atoms with Crippen molar-refractivity contribution in [2.45, 2.75) is 4.90 Å². The molecule has 0 spiro atoms. The molecule has 3 aromatic rings. The molecule has 0 aliphatic carbocycles. The fraction of sp³-hybridized carbons (Fsp3) is 0.217. The predicted molar refractivity (Wildman–Crippen MR) is 116 cm³/mol.